The van der Waals surface area contributed by atoms with Gasteiger partial charge in [0.15, 0.2) is 0 Å². The van der Waals surface area contributed by atoms with Gasteiger partial charge in [-0.05, 0) is 6.07 Å². The molecule has 0 radical (unpaired) electrons. The average Bonchev–Trinajstić information content (AvgIpc) is 2.16. The van der Waals surface area contributed by atoms with E-state index in [9.17, 15) is 10.1 Å². The van der Waals surface area contributed by atoms with Gasteiger partial charge in [-0.25, -0.2) is 0 Å². The number of aliphatic hydroxyl groups is 1. The summed E-state index contributed by atoms with van der Waals surface area (Å²) >= 11 is 0. The predicted octanol–water partition coefficient (Wildman–Crippen LogP) is 1.38. The highest BCUT2D eigenvalue weighted by molar-refractivity contribution is 5.76. The second kappa shape index (κ2) is 2.91. The Hall–Kier alpha value is -2.24. The third kappa shape index (κ3) is 1.22. The molecule has 0 spiro atoms. The Balaban J connectivity index is 2.61. The molecule has 1 aliphatic heterocycles. The minimum Gasteiger partial charge on any atom is -0.494 e. The number of hydrogen-bond acceptors (Lipinski definition) is 5. The molecule has 14 heavy (non-hydrogen) atoms. The fraction of sp³-hybridized carbons (Fsp3) is 0. The van der Waals surface area contributed by atoms with E-state index < -0.39 is 4.92 Å². The molecule has 6 nitrogen and oxygen atoms in total. The van der Waals surface area contributed by atoms with E-state index in [1.54, 1.807) is 12.1 Å². The van der Waals surface area contributed by atoms with Gasteiger partial charge in [-0.15, -0.1) is 0 Å². The SMILES string of the molecule is O=[N+]([O-])c1cccc2c1C=C(O)NN2. The van der Waals surface area contributed by atoms with Gasteiger partial charge in [0.1, 0.15) is 0 Å². The Morgan fingerprint density at radius 2 is 2.14 bits per heavy atom. The molecule has 72 valence electrons. The van der Waals surface area contributed by atoms with E-state index in [4.69, 9.17) is 5.11 Å². The number of nitro benzene ring substituents is 1. The summed E-state index contributed by atoms with van der Waals surface area (Å²) in [6.45, 7) is 0. The first-order valence-corrected chi connectivity index (χ1v) is 3.88. The van der Waals surface area contributed by atoms with Crippen molar-refractivity contribution in [2.24, 2.45) is 0 Å². The molecule has 0 saturated heterocycles. The number of fused-ring (bicyclic) bond motifs is 1. The lowest BCUT2D eigenvalue weighted by molar-refractivity contribution is -0.385. The summed E-state index contributed by atoms with van der Waals surface area (Å²) in [6.07, 6.45) is 1.31. The van der Waals surface area contributed by atoms with Crippen LogP contribution in [0.5, 0.6) is 0 Å². The van der Waals surface area contributed by atoms with E-state index in [1.807, 2.05) is 0 Å². The van der Waals surface area contributed by atoms with E-state index in [0.29, 0.717) is 11.3 Å². The minimum atomic E-state index is -0.490. The van der Waals surface area contributed by atoms with Gasteiger partial charge < -0.3 is 5.11 Å². The van der Waals surface area contributed by atoms with Crippen LogP contribution in [0.4, 0.5) is 11.4 Å². The zero-order chi connectivity index (χ0) is 10.1. The molecular weight excluding hydrogens is 186 g/mol. The summed E-state index contributed by atoms with van der Waals surface area (Å²) in [4.78, 5) is 10.1. The molecule has 1 aromatic rings. The van der Waals surface area contributed by atoms with Gasteiger partial charge in [0.2, 0.25) is 5.88 Å². The second-order valence-corrected chi connectivity index (χ2v) is 2.78. The van der Waals surface area contributed by atoms with E-state index in [1.165, 1.54) is 12.1 Å². The van der Waals surface area contributed by atoms with Crippen LogP contribution in [-0.2, 0) is 0 Å². The number of benzene rings is 1. The van der Waals surface area contributed by atoms with Crippen molar-refractivity contribution in [3.63, 3.8) is 0 Å². The number of nitrogens with one attached hydrogen (secondary N) is 2. The largest absolute Gasteiger partial charge is 0.494 e. The molecule has 0 unspecified atom stereocenters. The Labute approximate surface area is 79.0 Å². The summed E-state index contributed by atoms with van der Waals surface area (Å²) in [7, 11) is 0. The number of nitrogens with zero attached hydrogens (tertiary/aromatic N) is 1. The quantitative estimate of drug-likeness (QED) is 0.463. The number of aliphatic hydroxyl groups excluding tert-OH is 1. The normalized spacial score (nSPS) is 13.3. The van der Waals surface area contributed by atoms with E-state index in [0.717, 1.165) is 0 Å². The Morgan fingerprint density at radius 1 is 1.36 bits per heavy atom. The van der Waals surface area contributed by atoms with Gasteiger partial charge in [0.05, 0.1) is 16.2 Å². The van der Waals surface area contributed by atoms with Crippen molar-refractivity contribution in [1.29, 1.82) is 0 Å². The van der Waals surface area contributed by atoms with Crippen LogP contribution in [-0.4, -0.2) is 10.0 Å². The van der Waals surface area contributed by atoms with Gasteiger partial charge in [0.25, 0.3) is 5.69 Å². The third-order valence-electron chi connectivity index (χ3n) is 1.89. The van der Waals surface area contributed by atoms with Gasteiger partial charge in [0, 0.05) is 12.1 Å². The lowest BCUT2D eigenvalue weighted by Crippen LogP contribution is -2.24. The molecule has 3 N–H and O–H groups in total. The maximum absolute atomic E-state index is 10.6. The first-order valence-electron chi connectivity index (χ1n) is 3.88. The molecule has 0 aliphatic carbocycles. The van der Waals surface area contributed by atoms with E-state index >= 15 is 0 Å². The zero-order valence-corrected chi connectivity index (χ0v) is 7.02. The van der Waals surface area contributed by atoms with Gasteiger partial charge >= 0.3 is 0 Å². The van der Waals surface area contributed by atoms with Crippen molar-refractivity contribution in [2.45, 2.75) is 0 Å². The fourth-order valence-electron chi connectivity index (χ4n) is 1.28. The molecule has 6 heteroatoms. The third-order valence-corrected chi connectivity index (χ3v) is 1.89. The lowest BCUT2D eigenvalue weighted by Gasteiger charge is -2.16. The van der Waals surface area contributed by atoms with Crippen LogP contribution < -0.4 is 10.9 Å². The van der Waals surface area contributed by atoms with Gasteiger partial charge in [-0.2, -0.15) is 0 Å². The van der Waals surface area contributed by atoms with Crippen LogP contribution in [0.25, 0.3) is 6.08 Å². The zero-order valence-electron chi connectivity index (χ0n) is 7.02. The van der Waals surface area contributed by atoms with Crippen LogP contribution in [0.2, 0.25) is 0 Å². The van der Waals surface area contributed by atoms with E-state index in [2.05, 4.69) is 10.9 Å². The summed E-state index contributed by atoms with van der Waals surface area (Å²) < 4.78 is 0. The predicted molar refractivity (Wildman–Crippen MR) is 50.5 cm³/mol. The number of hydrazine groups is 1. The first kappa shape index (κ1) is 8.36. The Bertz CT molecular complexity index is 428. The maximum Gasteiger partial charge on any atom is 0.278 e. The molecule has 1 aliphatic rings. The maximum atomic E-state index is 10.6. The van der Waals surface area contributed by atoms with Crippen LogP contribution in [0, 0.1) is 10.1 Å². The molecule has 0 fully saturated rings. The van der Waals surface area contributed by atoms with Crippen LogP contribution in [0.15, 0.2) is 24.1 Å². The van der Waals surface area contributed by atoms with Crippen molar-refractivity contribution >= 4 is 17.5 Å². The molecule has 0 atom stereocenters. The summed E-state index contributed by atoms with van der Waals surface area (Å²) in [5.41, 5.74) is 5.98. The minimum absolute atomic E-state index is 0.0388. The molecule has 2 rings (SSSR count). The number of nitro groups is 1. The van der Waals surface area contributed by atoms with E-state index in [-0.39, 0.29) is 11.6 Å². The van der Waals surface area contributed by atoms with Crippen LogP contribution in [0.3, 0.4) is 0 Å². The standard InChI is InChI=1S/C8H7N3O3/c12-8-4-5-6(9-10-8)2-1-3-7(5)11(13)14/h1-4,9-10,12H. The highest BCUT2D eigenvalue weighted by atomic mass is 16.6. The van der Waals surface area contributed by atoms with Crippen molar-refractivity contribution in [1.82, 2.24) is 5.43 Å². The van der Waals surface area contributed by atoms with Gasteiger partial charge in [-0.1, -0.05) is 6.07 Å². The number of anilines is 1. The number of hydrogen-bond donors (Lipinski definition) is 3. The monoisotopic (exact) mass is 193 g/mol. The molecule has 0 saturated carbocycles. The van der Waals surface area contributed by atoms with Gasteiger partial charge in [-0.3, -0.25) is 21.0 Å². The fourth-order valence-corrected chi connectivity index (χ4v) is 1.28. The smallest absolute Gasteiger partial charge is 0.278 e. The average molecular weight is 193 g/mol. The molecule has 0 amide bonds. The topological polar surface area (TPSA) is 87.4 Å². The number of rotatable bonds is 1. The van der Waals surface area contributed by atoms with Crippen molar-refractivity contribution in [3.05, 3.63) is 39.8 Å². The highest BCUT2D eigenvalue weighted by Crippen LogP contribution is 2.29. The van der Waals surface area contributed by atoms with Crippen LogP contribution >= 0.6 is 0 Å². The highest BCUT2D eigenvalue weighted by Gasteiger charge is 2.18. The summed E-state index contributed by atoms with van der Waals surface area (Å²) in [5, 5.41) is 19.8. The Kier molecular flexibility index (Phi) is 1.74. The van der Waals surface area contributed by atoms with Crippen LogP contribution in [0.1, 0.15) is 5.56 Å². The molecule has 0 aromatic heterocycles. The molecule has 1 aromatic carbocycles. The molecule has 0 bridgehead atoms. The summed E-state index contributed by atoms with van der Waals surface area (Å²) in [6, 6.07) is 4.63. The van der Waals surface area contributed by atoms with Crippen molar-refractivity contribution < 1.29 is 10.0 Å². The van der Waals surface area contributed by atoms with Crippen molar-refractivity contribution in [2.75, 3.05) is 5.43 Å². The molecule has 1 heterocycles. The first-order chi connectivity index (χ1) is 6.68. The molecular formula is C8H7N3O3. The summed E-state index contributed by atoms with van der Waals surface area (Å²) in [5.74, 6) is -0.146. The second-order valence-electron chi connectivity index (χ2n) is 2.78. The lowest BCUT2D eigenvalue weighted by atomic mass is 10.1. The van der Waals surface area contributed by atoms with Crippen molar-refractivity contribution in [3.8, 4) is 0 Å². The Morgan fingerprint density at radius 3 is 2.86 bits per heavy atom.